The van der Waals surface area contributed by atoms with Crippen LogP contribution in [0.1, 0.15) is 31.6 Å². The smallest absolute Gasteiger partial charge is 0.120 e. The Kier molecular flexibility index (Phi) is 4.02. The molecule has 3 heteroatoms. The third-order valence-corrected chi connectivity index (χ3v) is 3.44. The number of hydrogen-bond donors (Lipinski definition) is 1. The lowest BCUT2D eigenvalue weighted by Crippen LogP contribution is -2.28. The Labute approximate surface area is 97.8 Å². The van der Waals surface area contributed by atoms with E-state index in [1.165, 1.54) is 19.5 Å². The topological polar surface area (TPSA) is 28.4 Å². The van der Waals surface area contributed by atoms with Crippen LogP contribution in [0.5, 0.6) is 0 Å². The SMILES string of the molecule is CCC(NCC1CCN(C)C1)c1ccco1. The standard InChI is InChI=1S/C13H22N2O/c1-3-12(13-5-4-8-16-13)14-9-11-6-7-15(2)10-11/h4-5,8,11-12,14H,3,6-7,9-10H2,1-2H3. The molecule has 90 valence electrons. The van der Waals surface area contributed by atoms with Crippen molar-refractivity contribution in [3.63, 3.8) is 0 Å². The van der Waals surface area contributed by atoms with Crippen LogP contribution in [0.15, 0.2) is 22.8 Å². The van der Waals surface area contributed by atoms with E-state index in [4.69, 9.17) is 4.42 Å². The van der Waals surface area contributed by atoms with Crippen molar-refractivity contribution in [1.82, 2.24) is 10.2 Å². The van der Waals surface area contributed by atoms with Crippen LogP contribution in [-0.4, -0.2) is 31.6 Å². The molecule has 16 heavy (non-hydrogen) atoms. The number of nitrogens with zero attached hydrogens (tertiary/aromatic N) is 1. The van der Waals surface area contributed by atoms with Gasteiger partial charge in [0, 0.05) is 6.54 Å². The van der Waals surface area contributed by atoms with Crippen molar-refractivity contribution in [2.45, 2.75) is 25.8 Å². The molecule has 3 nitrogen and oxygen atoms in total. The summed E-state index contributed by atoms with van der Waals surface area (Å²) in [6.07, 6.45) is 4.15. The van der Waals surface area contributed by atoms with Gasteiger partial charge in [-0.2, -0.15) is 0 Å². The van der Waals surface area contributed by atoms with Crippen molar-refractivity contribution >= 4 is 0 Å². The van der Waals surface area contributed by atoms with Crippen molar-refractivity contribution in [2.24, 2.45) is 5.92 Å². The van der Waals surface area contributed by atoms with Gasteiger partial charge in [0.2, 0.25) is 0 Å². The quantitative estimate of drug-likeness (QED) is 0.828. The maximum Gasteiger partial charge on any atom is 0.120 e. The number of hydrogen-bond acceptors (Lipinski definition) is 3. The molecule has 1 N–H and O–H groups in total. The Bertz CT molecular complexity index is 297. The summed E-state index contributed by atoms with van der Waals surface area (Å²) in [4.78, 5) is 2.40. The highest BCUT2D eigenvalue weighted by Gasteiger charge is 2.20. The number of nitrogens with one attached hydrogen (secondary N) is 1. The van der Waals surface area contributed by atoms with Crippen LogP contribution in [0.4, 0.5) is 0 Å². The number of furan rings is 1. The lowest BCUT2D eigenvalue weighted by atomic mass is 10.1. The Morgan fingerprint density at radius 2 is 2.50 bits per heavy atom. The first-order valence-electron chi connectivity index (χ1n) is 6.25. The van der Waals surface area contributed by atoms with E-state index in [2.05, 4.69) is 30.3 Å². The predicted molar refractivity (Wildman–Crippen MR) is 65.3 cm³/mol. The van der Waals surface area contributed by atoms with Gasteiger partial charge in [0.25, 0.3) is 0 Å². The molecule has 0 saturated carbocycles. The zero-order valence-electron chi connectivity index (χ0n) is 10.3. The van der Waals surface area contributed by atoms with Gasteiger partial charge in [-0.15, -0.1) is 0 Å². The van der Waals surface area contributed by atoms with Crippen molar-refractivity contribution in [1.29, 1.82) is 0 Å². The minimum atomic E-state index is 0.376. The predicted octanol–water partition coefficient (Wildman–Crippen LogP) is 2.27. The molecule has 0 radical (unpaired) electrons. The molecule has 2 unspecified atom stereocenters. The largest absolute Gasteiger partial charge is 0.468 e. The van der Waals surface area contributed by atoms with E-state index >= 15 is 0 Å². The van der Waals surface area contributed by atoms with Crippen LogP contribution < -0.4 is 5.32 Å². The van der Waals surface area contributed by atoms with E-state index in [9.17, 15) is 0 Å². The average Bonchev–Trinajstić information content (AvgIpc) is 2.91. The summed E-state index contributed by atoms with van der Waals surface area (Å²) in [5, 5.41) is 3.61. The van der Waals surface area contributed by atoms with Crippen molar-refractivity contribution < 1.29 is 4.42 Å². The van der Waals surface area contributed by atoms with Crippen molar-refractivity contribution in [3.05, 3.63) is 24.2 Å². The third kappa shape index (κ3) is 2.86. The highest BCUT2D eigenvalue weighted by molar-refractivity contribution is 5.04. The normalized spacial score (nSPS) is 23.8. The molecule has 0 aliphatic carbocycles. The molecule has 2 atom stereocenters. The number of rotatable bonds is 5. The average molecular weight is 222 g/mol. The minimum Gasteiger partial charge on any atom is -0.468 e. The van der Waals surface area contributed by atoms with Gasteiger partial charge in [-0.25, -0.2) is 0 Å². The van der Waals surface area contributed by atoms with Crippen LogP contribution in [0, 0.1) is 5.92 Å². The van der Waals surface area contributed by atoms with Crippen LogP contribution in [0.25, 0.3) is 0 Å². The third-order valence-electron chi connectivity index (χ3n) is 3.44. The van der Waals surface area contributed by atoms with Crippen LogP contribution in [0.3, 0.4) is 0 Å². The summed E-state index contributed by atoms with van der Waals surface area (Å²) in [5.41, 5.74) is 0. The first-order chi connectivity index (χ1) is 7.79. The molecule has 1 aromatic heterocycles. The van der Waals surface area contributed by atoms with E-state index in [0.29, 0.717) is 6.04 Å². The van der Waals surface area contributed by atoms with Gasteiger partial charge in [0.15, 0.2) is 0 Å². The van der Waals surface area contributed by atoms with Gasteiger partial charge in [-0.05, 0) is 51.0 Å². The van der Waals surface area contributed by atoms with Gasteiger partial charge >= 0.3 is 0 Å². The van der Waals surface area contributed by atoms with E-state index in [0.717, 1.165) is 24.6 Å². The second-order valence-electron chi connectivity index (χ2n) is 4.80. The van der Waals surface area contributed by atoms with Crippen molar-refractivity contribution in [3.8, 4) is 0 Å². The fraction of sp³-hybridized carbons (Fsp3) is 0.692. The molecule has 2 heterocycles. The first kappa shape index (κ1) is 11.7. The van der Waals surface area contributed by atoms with E-state index < -0.39 is 0 Å². The summed E-state index contributed by atoms with van der Waals surface area (Å²) in [6, 6.07) is 4.39. The summed E-state index contributed by atoms with van der Waals surface area (Å²) < 4.78 is 5.45. The first-order valence-corrected chi connectivity index (χ1v) is 6.25. The van der Waals surface area contributed by atoms with E-state index in [-0.39, 0.29) is 0 Å². The second kappa shape index (κ2) is 5.51. The van der Waals surface area contributed by atoms with Gasteiger partial charge in [0.1, 0.15) is 5.76 Å². The molecule has 2 rings (SSSR count). The Hall–Kier alpha value is -0.800. The molecule has 1 aliphatic heterocycles. The minimum absolute atomic E-state index is 0.376. The Morgan fingerprint density at radius 3 is 3.06 bits per heavy atom. The Balaban J connectivity index is 1.79. The molecule has 1 fully saturated rings. The van der Waals surface area contributed by atoms with Gasteiger partial charge < -0.3 is 14.6 Å². The summed E-state index contributed by atoms with van der Waals surface area (Å²) in [6.45, 7) is 5.76. The fourth-order valence-corrected chi connectivity index (χ4v) is 2.44. The van der Waals surface area contributed by atoms with E-state index in [1.54, 1.807) is 6.26 Å². The van der Waals surface area contributed by atoms with Crippen LogP contribution in [-0.2, 0) is 0 Å². The van der Waals surface area contributed by atoms with Crippen molar-refractivity contribution in [2.75, 3.05) is 26.7 Å². The van der Waals surface area contributed by atoms with Gasteiger partial charge in [0.05, 0.1) is 12.3 Å². The Morgan fingerprint density at radius 1 is 1.62 bits per heavy atom. The molecule has 0 spiro atoms. The fourth-order valence-electron chi connectivity index (χ4n) is 2.44. The highest BCUT2D eigenvalue weighted by atomic mass is 16.3. The second-order valence-corrected chi connectivity index (χ2v) is 4.80. The number of likely N-dealkylation sites (tertiary alicyclic amines) is 1. The molecule has 1 saturated heterocycles. The maximum absolute atomic E-state index is 5.45. The molecule has 1 aliphatic rings. The van der Waals surface area contributed by atoms with Crippen LogP contribution in [0.2, 0.25) is 0 Å². The molecule has 1 aromatic rings. The van der Waals surface area contributed by atoms with Crippen LogP contribution >= 0.6 is 0 Å². The zero-order valence-corrected chi connectivity index (χ0v) is 10.3. The molecule has 0 bridgehead atoms. The molecule has 0 aromatic carbocycles. The summed E-state index contributed by atoms with van der Waals surface area (Å²) in [7, 11) is 2.20. The maximum atomic E-state index is 5.45. The molecular weight excluding hydrogens is 200 g/mol. The highest BCUT2D eigenvalue weighted by Crippen LogP contribution is 2.19. The molecular formula is C13H22N2O. The summed E-state index contributed by atoms with van der Waals surface area (Å²) >= 11 is 0. The summed E-state index contributed by atoms with van der Waals surface area (Å²) in [5.74, 6) is 1.86. The van der Waals surface area contributed by atoms with Gasteiger partial charge in [-0.1, -0.05) is 6.92 Å². The monoisotopic (exact) mass is 222 g/mol. The van der Waals surface area contributed by atoms with E-state index in [1.807, 2.05) is 6.07 Å². The lowest BCUT2D eigenvalue weighted by Gasteiger charge is -2.17. The van der Waals surface area contributed by atoms with Gasteiger partial charge in [-0.3, -0.25) is 0 Å². The zero-order chi connectivity index (χ0) is 11.4. The molecule has 0 amide bonds. The lowest BCUT2D eigenvalue weighted by molar-refractivity contribution is 0.357.